The van der Waals surface area contributed by atoms with Gasteiger partial charge in [0.1, 0.15) is 5.75 Å². The third-order valence-corrected chi connectivity index (χ3v) is 7.34. The lowest BCUT2D eigenvalue weighted by molar-refractivity contribution is 0.0697. The predicted molar refractivity (Wildman–Crippen MR) is 121 cm³/mol. The predicted octanol–water partition coefficient (Wildman–Crippen LogP) is 2.31. The fraction of sp³-hybridized carbons (Fsp3) is 0.304. The van der Waals surface area contributed by atoms with Crippen molar-refractivity contribution in [2.75, 3.05) is 26.2 Å². The summed E-state index contributed by atoms with van der Waals surface area (Å²) in [5.41, 5.74) is 0.822. The maximum absolute atomic E-state index is 13.0. The van der Waals surface area contributed by atoms with Gasteiger partial charge in [-0.25, -0.2) is 8.42 Å². The molecule has 4 rings (SSSR count). The van der Waals surface area contributed by atoms with Gasteiger partial charge in [-0.2, -0.15) is 9.29 Å². The number of sulfonamides is 1. The second-order valence-electron chi connectivity index (χ2n) is 7.82. The molecule has 0 saturated carbocycles. The molecule has 0 atom stereocenters. The lowest BCUT2D eigenvalue weighted by atomic mass is 10.2. The first-order valence-corrected chi connectivity index (χ1v) is 12.1. The Labute approximate surface area is 197 Å². The Morgan fingerprint density at radius 3 is 2.35 bits per heavy atom. The molecule has 0 radical (unpaired) electrons. The molecule has 0 unspecified atom stereocenters. The van der Waals surface area contributed by atoms with Crippen molar-refractivity contribution in [1.82, 2.24) is 19.3 Å². The van der Waals surface area contributed by atoms with E-state index in [1.165, 1.54) is 23.4 Å². The van der Waals surface area contributed by atoms with Crippen molar-refractivity contribution in [3.05, 3.63) is 71.4 Å². The van der Waals surface area contributed by atoms with E-state index in [4.69, 9.17) is 9.26 Å². The summed E-state index contributed by atoms with van der Waals surface area (Å²) in [5, 5.41) is 3.76. The van der Waals surface area contributed by atoms with Crippen LogP contribution < -0.4 is 4.74 Å². The number of Topliss-reactive ketones (excluding diaryl/α,β-unsaturated/α-hetero) is 1. The molecule has 11 heteroatoms. The van der Waals surface area contributed by atoms with Crippen LogP contribution >= 0.6 is 0 Å². The molecule has 2 heterocycles. The van der Waals surface area contributed by atoms with Gasteiger partial charge < -0.3 is 14.2 Å². The highest BCUT2D eigenvalue weighted by Gasteiger charge is 2.30. The van der Waals surface area contributed by atoms with Gasteiger partial charge in [0.05, 0.1) is 4.90 Å². The Balaban J connectivity index is 1.35. The zero-order valence-electron chi connectivity index (χ0n) is 18.8. The van der Waals surface area contributed by atoms with Crippen molar-refractivity contribution < 1.29 is 27.3 Å². The summed E-state index contributed by atoms with van der Waals surface area (Å²) in [6, 6.07) is 12.7. The van der Waals surface area contributed by atoms with Crippen LogP contribution in [0.4, 0.5) is 0 Å². The summed E-state index contributed by atoms with van der Waals surface area (Å²) >= 11 is 0. The Hall–Kier alpha value is -3.57. The number of hydrogen-bond donors (Lipinski definition) is 0. The van der Waals surface area contributed by atoms with E-state index in [0.29, 0.717) is 28.6 Å². The Morgan fingerprint density at radius 1 is 1.03 bits per heavy atom. The first-order valence-electron chi connectivity index (χ1n) is 10.7. The van der Waals surface area contributed by atoms with Crippen LogP contribution in [0.5, 0.6) is 5.75 Å². The third kappa shape index (κ3) is 5.15. The van der Waals surface area contributed by atoms with Gasteiger partial charge in [0.15, 0.2) is 12.4 Å². The number of ether oxygens (including phenoxy) is 1. The largest absolute Gasteiger partial charge is 0.485 e. The van der Waals surface area contributed by atoms with Crippen LogP contribution in [0, 0.1) is 6.92 Å². The quantitative estimate of drug-likeness (QED) is 0.468. The molecule has 178 valence electrons. The van der Waals surface area contributed by atoms with Crippen LogP contribution in [-0.4, -0.2) is 65.6 Å². The SMILES string of the molecule is CC(=O)c1cccc(S(=O)(=O)N2CCN(C(=O)c3ccc(OCc4noc(C)n4)cc3)CC2)c1. The third-order valence-electron chi connectivity index (χ3n) is 5.44. The van der Waals surface area contributed by atoms with Crippen molar-refractivity contribution in [2.24, 2.45) is 0 Å². The number of amides is 1. The number of aryl methyl sites for hydroxylation is 1. The van der Waals surface area contributed by atoms with E-state index < -0.39 is 10.0 Å². The number of aromatic nitrogens is 2. The molecule has 1 amide bonds. The van der Waals surface area contributed by atoms with E-state index >= 15 is 0 Å². The summed E-state index contributed by atoms with van der Waals surface area (Å²) < 4.78 is 37.8. The van der Waals surface area contributed by atoms with Gasteiger partial charge in [-0.1, -0.05) is 17.3 Å². The van der Waals surface area contributed by atoms with E-state index in [2.05, 4.69) is 10.1 Å². The number of benzene rings is 2. The van der Waals surface area contributed by atoms with Gasteiger partial charge in [-0.3, -0.25) is 9.59 Å². The molecule has 2 aromatic carbocycles. The van der Waals surface area contributed by atoms with Crippen molar-refractivity contribution >= 4 is 21.7 Å². The number of hydrogen-bond acceptors (Lipinski definition) is 8. The second kappa shape index (κ2) is 9.74. The smallest absolute Gasteiger partial charge is 0.253 e. The van der Waals surface area contributed by atoms with Gasteiger partial charge in [0.2, 0.25) is 21.7 Å². The van der Waals surface area contributed by atoms with E-state index in [0.717, 1.165) is 0 Å². The van der Waals surface area contributed by atoms with Gasteiger partial charge in [0, 0.05) is 44.2 Å². The number of piperazine rings is 1. The number of carbonyl (C=O) groups is 2. The molecular weight excluding hydrogens is 460 g/mol. The zero-order chi connectivity index (χ0) is 24.3. The highest BCUT2D eigenvalue weighted by Crippen LogP contribution is 2.21. The molecule has 0 N–H and O–H groups in total. The topological polar surface area (TPSA) is 123 Å². The molecule has 1 fully saturated rings. The van der Waals surface area contributed by atoms with E-state index in [9.17, 15) is 18.0 Å². The minimum Gasteiger partial charge on any atom is -0.485 e. The van der Waals surface area contributed by atoms with Crippen molar-refractivity contribution in [2.45, 2.75) is 25.3 Å². The normalized spacial score (nSPS) is 14.7. The molecule has 0 bridgehead atoms. The first kappa shape index (κ1) is 23.6. The first-order chi connectivity index (χ1) is 16.2. The maximum Gasteiger partial charge on any atom is 0.253 e. The second-order valence-corrected chi connectivity index (χ2v) is 9.76. The molecule has 10 nitrogen and oxygen atoms in total. The Bertz CT molecular complexity index is 1300. The van der Waals surface area contributed by atoms with Gasteiger partial charge in [-0.05, 0) is 43.3 Å². The van der Waals surface area contributed by atoms with Gasteiger partial charge >= 0.3 is 0 Å². The average molecular weight is 485 g/mol. The summed E-state index contributed by atoms with van der Waals surface area (Å²) in [6.45, 7) is 4.10. The number of rotatable bonds is 7. The van der Waals surface area contributed by atoms with Crippen LogP contribution in [-0.2, 0) is 16.6 Å². The van der Waals surface area contributed by atoms with Crippen LogP contribution in [0.2, 0.25) is 0 Å². The standard InChI is InChI=1S/C23H24N4O6S/c1-16(28)19-4-3-5-21(14-19)34(30,31)27-12-10-26(11-13-27)23(29)18-6-8-20(9-7-18)32-15-22-24-17(2)33-25-22/h3-9,14H,10-13,15H2,1-2H3. The minimum atomic E-state index is -3.76. The monoisotopic (exact) mass is 484 g/mol. The Morgan fingerprint density at radius 2 is 1.74 bits per heavy atom. The molecule has 0 spiro atoms. The van der Waals surface area contributed by atoms with Crippen LogP contribution in [0.1, 0.15) is 39.4 Å². The number of nitrogens with zero attached hydrogens (tertiary/aromatic N) is 4. The fourth-order valence-corrected chi connectivity index (χ4v) is 5.05. The van der Waals surface area contributed by atoms with Crippen molar-refractivity contribution in [3.8, 4) is 5.75 Å². The summed E-state index contributed by atoms with van der Waals surface area (Å²) in [6.07, 6.45) is 0. The molecule has 1 aliphatic rings. The number of ketones is 1. The highest BCUT2D eigenvalue weighted by molar-refractivity contribution is 7.89. The molecule has 1 aromatic heterocycles. The summed E-state index contributed by atoms with van der Waals surface area (Å²) in [4.78, 5) is 30.3. The van der Waals surface area contributed by atoms with Crippen LogP contribution in [0.3, 0.4) is 0 Å². The molecule has 0 aliphatic carbocycles. The fourth-order valence-electron chi connectivity index (χ4n) is 3.58. The molecule has 1 aliphatic heterocycles. The Kier molecular flexibility index (Phi) is 6.75. The van der Waals surface area contributed by atoms with Gasteiger partial charge in [0.25, 0.3) is 5.91 Å². The number of carbonyl (C=O) groups excluding carboxylic acids is 2. The minimum absolute atomic E-state index is 0.0755. The zero-order valence-corrected chi connectivity index (χ0v) is 19.6. The summed E-state index contributed by atoms with van der Waals surface area (Å²) in [7, 11) is -3.76. The molecule has 34 heavy (non-hydrogen) atoms. The molecule has 3 aromatic rings. The average Bonchev–Trinajstić information content (AvgIpc) is 3.27. The molecule has 1 saturated heterocycles. The van der Waals surface area contributed by atoms with Crippen LogP contribution in [0.15, 0.2) is 57.9 Å². The lowest BCUT2D eigenvalue weighted by Gasteiger charge is -2.34. The van der Waals surface area contributed by atoms with Crippen molar-refractivity contribution in [3.63, 3.8) is 0 Å². The van der Waals surface area contributed by atoms with E-state index in [-0.39, 0.29) is 49.4 Å². The van der Waals surface area contributed by atoms with Crippen molar-refractivity contribution in [1.29, 1.82) is 0 Å². The van der Waals surface area contributed by atoms with Crippen LogP contribution in [0.25, 0.3) is 0 Å². The van der Waals surface area contributed by atoms with E-state index in [1.54, 1.807) is 48.2 Å². The molecular formula is C23H24N4O6S. The maximum atomic E-state index is 13.0. The highest BCUT2D eigenvalue weighted by atomic mass is 32.2. The van der Waals surface area contributed by atoms with Gasteiger partial charge in [-0.15, -0.1) is 0 Å². The van der Waals surface area contributed by atoms with E-state index in [1.807, 2.05) is 0 Å². The lowest BCUT2D eigenvalue weighted by Crippen LogP contribution is -2.50. The summed E-state index contributed by atoms with van der Waals surface area (Å²) in [5.74, 6) is 1.06.